The molecule has 3 aromatic rings. The van der Waals surface area contributed by atoms with Crippen LogP contribution in [0.4, 0.5) is 34.1 Å². The van der Waals surface area contributed by atoms with Crippen molar-refractivity contribution in [1.29, 1.82) is 0 Å². The Morgan fingerprint density at radius 2 is 1.44 bits per heavy atom. The summed E-state index contributed by atoms with van der Waals surface area (Å²) in [5.41, 5.74) is 27.2. The number of nitro groups is 1. The van der Waals surface area contributed by atoms with Gasteiger partial charge >= 0.3 is 0 Å². The molecule has 0 aliphatic carbocycles. The summed E-state index contributed by atoms with van der Waals surface area (Å²) in [6, 6.07) is 15.6. The molecule has 36 heavy (non-hydrogen) atoms. The number of aliphatic hydroxyl groups excluding tert-OH is 2. The van der Waals surface area contributed by atoms with Crippen LogP contribution in [0.1, 0.15) is 11.1 Å². The molecule has 0 amide bonds. The van der Waals surface area contributed by atoms with Gasteiger partial charge < -0.3 is 42.8 Å². The van der Waals surface area contributed by atoms with Crippen molar-refractivity contribution in [1.82, 2.24) is 0 Å². The lowest BCUT2D eigenvalue weighted by Crippen LogP contribution is -2.29. The van der Waals surface area contributed by atoms with E-state index in [1.165, 1.54) is 12.1 Å². The fraction of sp³-hybridized carbons (Fsp3) is 0.280. The Morgan fingerprint density at radius 3 is 1.92 bits per heavy atom. The van der Waals surface area contributed by atoms with E-state index < -0.39 is 4.92 Å². The van der Waals surface area contributed by atoms with Crippen molar-refractivity contribution >= 4 is 34.1 Å². The molecular formula is C25H36N6O5. The van der Waals surface area contributed by atoms with Gasteiger partial charge in [0.05, 0.1) is 30.9 Å². The molecule has 11 nitrogen and oxygen atoms in total. The van der Waals surface area contributed by atoms with Gasteiger partial charge in [-0.25, -0.2) is 0 Å². The van der Waals surface area contributed by atoms with Crippen LogP contribution in [0, 0.1) is 24.0 Å². The molecule has 0 unspecified atom stereocenters. The van der Waals surface area contributed by atoms with Crippen molar-refractivity contribution < 1.29 is 19.9 Å². The van der Waals surface area contributed by atoms with Crippen molar-refractivity contribution in [3.63, 3.8) is 0 Å². The maximum absolute atomic E-state index is 10.3. The van der Waals surface area contributed by atoms with Gasteiger partial charge in [-0.2, -0.15) is 0 Å². The van der Waals surface area contributed by atoms with Crippen LogP contribution in [0.2, 0.25) is 0 Å². The number of benzene rings is 3. The van der Waals surface area contributed by atoms with Crippen LogP contribution in [0.15, 0.2) is 54.6 Å². The summed E-state index contributed by atoms with van der Waals surface area (Å²) in [5, 5.41) is 28.0. The SMILES string of the molecule is COc1cc(N)c(C)cc1N.Cc1ccc(N)c([N+](=O)[O-])c1.Nc1ccc(N(CCO)CCO)cc1. The summed E-state index contributed by atoms with van der Waals surface area (Å²) in [6.45, 7) is 4.88. The second-order valence-corrected chi connectivity index (χ2v) is 7.80. The lowest BCUT2D eigenvalue weighted by atomic mass is 10.2. The minimum absolute atomic E-state index is 0.0231. The molecule has 10 N–H and O–H groups in total. The number of aryl methyl sites for hydroxylation is 2. The monoisotopic (exact) mass is 500 g/mol. The van der Waals surface area contributed by atoms with Gasteiger partial charge in [0.25, 0.3) is 5.69 Å². The van der Waals surface area contributed by atoms with E-state index in [-0.39, 0.29) is 24.6 Å². The average Bonchev–Trinajstić information content (AvgIpc) is 2.84. The molecule has 3 aromatic carbocycles. The Kier molecular flexibility index (Phi) is 12.4. The van der Waals surface area contributed by atoms with Gasteiger partial charge in [-0.05, 0) is 61.4 Å². The molecule has 0 aliphatic heterocycles. The van der Waals surface area contributed by atoms with Crippen LogP contribution < -0.4 is 32.6 Å². The molecule has 0 aliphatic rings. The first-order valence-corrected chi connectivity index (χ1v) is 11.1. The van der Waals surface area contributed by atoms with Gasteiger partial charge in [-0.1, -0.05) is 6.07 Å². The highest BCUT2D eigenvalue weighted by Crippen LogP contribution is 2.26. The molecule has 0 heterocycles. The third-order valence-electron chi connectivity index (χ3n) is 5.00. The number of ether oxygens (including phenoxy) is 1. The third kappa shape index (κ3) is 9.57. The highest BCUT2D eigenvalue weighted by Gasteiger charge is 2.09. The topological polar surface area (TPSA) is 200 Å². The van der Waals surface area contributed by atoms with Crippen molar-refractivity contribution in [3.8, 4) is 5.75 Å². The van der Waals surface area contributed by atoms with E-state index in [9.17, 15) is 10.1 Å². The van der Waals surface area contributed by atoms with Crippen molar-refractivity contribution in [2.75, 3.05) is 61.2 Å². The van der Waals surface area contributed by atoms with E-state index in [0.29, 0.717) is 35.9 Å². The van der Waals surface area contributed by atoms with Gasteiger partial charge in [0, 0.05) is 42.3 Å². The number of nitrogen functional groups attached to an aromatic ring is 4. The second-order valence-electron chi connectivity index (χ2n) is 7.80. The summed E-state index contributed by atoms with van der Waals surface area (Å²) >= 11 is 0. The Hall–Kier alpha value is -4.22. The minimum atomic E-state index is -0.484. The fourth-order valence-electron chi connectivity index (χ4n) is 3.01. The number of nitrogens with two attached hydrogens (primary N) is 4. The number of hydrogen-bond donors (Lipinski definition) is 6. The molecule has 11 heteroatoms. The third-order valence-corrected chi connectivity index (χ3v) is 5.00. The number of anilines is 5. The molecule has 196 valence electrons. The van der Waals surface area contributed by atoms with Gasteiger partial charge in [0.2, 0.25) is 0 Å². The lowest BCUT2D eigenvalue weighted by molar-refractivity contribution is -0.383. The quantitative estimate of drug-likeness (QED) is 0.159. The summed E-state index contributed by atoms with van der Waals surface area (Å²) in [4.78, 5) is 11.7. The molecule has 0 fully saturated rings. The van der Waals surface area contributed by atoms with Crippen LogP contribution in [0.3, 0.4) is 0 Å². The Bertz CT molecular complexity index is 1100. The van der Waals surface area contributed by atoms with Gasteiger partial charge in [0.15, 0.2) is 0 Å². The van der Waals surface area contributed by atoms with Crippen LogP contribution in [0.25, 0.3) is 0 Å². The van der Waals surface area contributed by atoms with E-state index in [0.717, 1.165) is 16.8 Å². The smallest absolute Gasteiger partial charge is 0.292 e. The number of aliphatic hydroxyl groups is 2. The maximum atomic E-state index is 10.3. The van der Waals surface area contributed by atoms with Crippen LogP contribution in [-0.2, 0) is 0 Å². The van der Waals surface area contributed by atoms with E-state index in [2.05, 4.69) is 0 Å². The zero-order chi connectivity index (χ0) is 27.3. The first kappa shape index (κ1) is 29.8. The number of nitrogens with zero attached hydrogens (tertiary/aromatic N) is 2. The predicted octanol–water partition coefficient (Wildman–Crippen LogP) is 2.71. The molecule has 0 radical (unpaired) electrons. The maximum Gasteiger partial charge on any atom is 0.292 e. The molecule has 3 rings (SSSR count). The molecule has 0 bridgehead atoms. The number of rotatable bonds is 7. The molecule has 0 saturated carbocycles. The van der Waals surface area contributed by atoms with Crippen LogP contribution in [0.5, 0.6) is 5.75 Å². The minimum Gasteiger partial charge on any atom is -0.495 e. The van der Waals surface area contributed by atoms with Crippen LogP contribution >= 0.6 is 0 Å². The molecule has 0 spiro atoms. The standard InChI is InChI=1S/C10H16N2O2.C8H12N2O.C7H8N2O2/c11-9-1-3-10(4-2-9)12(5-7-13)6-8-14;1-5-3-7(10)8(11-2)4-6(5)9;1-5-2-3-6(8)7(4-5)9(10)11/h1-4,13-14H,5-8,11H2;3-4H,9-10H2,1-2H3;2-4H,8H2,1H3. The number of methoxy groups -OCH3 is 1. The van der Waals surface area contributed by atoms with Gasteiger partial charge in [-0.15, -0.1) is 0 Å². The molecule has 0 aromatic heterocycles. The van der Waals surface area contributed by atoms with Crippen molar-refractivity contribution in [3.05, 3.63) is 75.8 Å². The molecule has 0 saturated heterocycles. The highest BCUT2D eigenvalue weighted by atomic mass is 16.6. The van der Waals surface area contributed by atoms with Crippen molar-refractivity contribution in [2.24, 2.45) is 0 Å². The van der Waals surface area contributed by atoms with Gasteiger partial charge in [0.1, 0.15) is 11.4 Å². The molecular weight excluding hydrogens is 464 g/mol. The summed E-state index contributed by atoms with van der Waals surface area (Å²) in [6.07, 6.45) is 0. The zero-order valence-corrected chi connectivity index (χ0v) is 20.8. The summed E-state index contributed by atoms with van der Waals surface area (Å²) in [5.74, 6) is 0.633. The first-order valence-electron chi connectivity index (χ1n) is 11.1. The Labute approximate surface area is 211 Å². The summed E-state index contributed by atoms with van der Waals surface area (Å²) < 4.78 is 4.98. The average molecular weight is 501 g/mol. The Morgan fingerprint density at radius 1 is 0.861 bits per heavy atom. The van der Waals surface area contributed by atoms with E-state index in [1.54, 1.807) is 44.4 Å². The number of nitro benzene ring substituents is 1. The highest BCUT2D eigenvalue weighted by molar-refractivity contribution is 5.63. The second kappa shape index (κ2) is 14.9. The van der Waals surface area contributed by atoms with E-state index in [4.69, 9.17) is 37.9 Å². The van der Waals surface area contributed by atoms with E-state index >= 15 is 0 Å². The fourth-order valence-corrected chi connectivity index (χ4v) is 3.01. The largest absolute Gasteiger partial charge is 0.495 e. The van der Waals surface area contributed by atoms with E-state index in [1.807, 2.05) is 24.0 Å². The molecule has 0 atom stereocenters. The Balaban J connectivity index is 0.000000273. The van der Waals surface area contributed by atoms with Gasteiger partial charge in [-0.3, -0.25) is 10.1 Å². The predicted molar refractivity (Wildman–Crippen MR) is 146 cm³/mol. The summed E-state index contributed by atoms with van der Waals surface area (Å²) in [7, 11) is 1.57. The van der Waals surface area contributed by atoms with Crippen molar-refractivity contribution in [2.45, 2.75) is 13.8 Å². The first-order chi connectivity index (χ1) is 17.0. The number of hydrogen-bond acceptors (Lipinski definition) is 10. The lowest BCUT2D eigenvalue weighted by Gasteiger charge is -2.22. The van der Waals surface area contributed by atoms with Crippen LogP contribution in [-0.4, -0.2) is 48.5 Å². The zero-order valence-electron chi connectivity index (χ0n) is 20.8. The normalized spacial score (nSPS) is 9.81.